The van der Waals surface area contributed by atoms with Crippen molar-refractivity contribution < 1.29 is 49.7 Å². The number of hydrogen-bond donors (Lipinski definition) is 5. The fraction of sp³-hybridized carbons (Fsp3) is 0.419. The SMILES string of the molecule is CC(C)C(=O)Nc1nc2c(ncn2[C@@H]2O[C@@H]3CO[P@@](=O)(S)O[C@H]4[C@@H](F)[C@H](n5cnc6c(NC(=O)c7ccccc7)ncnc65)O[C@@H]4CNS(=O)(=O)O[C@@H]2C3)c(=O)[nH]1. The molecular formula is C31H33FN11O11PS2. The summed E-state index contributed by atoms with van der Waals surface area (Å²) < 4.78 is 90.3. The normalized spacial score (nSPS) is 29.0. The number of halogens is 1. The number of aromatic nitrogens is 8. The summed E-state index contributed by atoms with van der Waals surface area (Å²) >= 11 is 4.08. The highest BCUT2D eigenvalue weighted by atomic mass is 32.7. The third kappa shape index (κ3) is 7.93. The maximum Gasteiger partial charge on any atom is 0.386 e. The van der Waals surface area contributed by atoms with E-state index in [1.807, 2.05) is 0 Å². The van der Waals surface area contributed by atoms with E-state index in [0.717, 1.165) is 6.33 Å². The van der Waals surface area contributed by atoms with Gasteiger partial charge in [-0.2, -0.15) is 18.1 Å². The van der Waals surface area contributed by atoms with Gasteiger partial charge in [0.05, 0.1) is 25.4 Å². The zero-order valence-electron chi connectivity index (χ0n) is 29.7. The fourth-order valence-corrected chi connectivity index (χ4v) is 8.87. The average Bonchev–Trinajstić information content (AvgIpc) is 3.95. The molecule has 0 spiro atoms. The van der Waals surface area contributed by atoms with Crippen LogP contribution in [-0.2, 0) is 42.4 Å². The van der Waals surface area contributed by atoms with Gasteiger partial charge in [-0.05, 0) is 12.1 Å². The molecule has 3 aliphatic heterocycles. The number of anilines is 2. The summed E-state index contributed by atoms with van der Waals surface area (Å²) in [4.78, 5) is 61.4. The highest BCUT2D eigenvalue weighted by molar-refractivity contribution is 8.44. The van der Waals surface area contributed by atoms with Crippen LogP contribution in [0.2, 0.25) is 0 Å². The molecule has 0 saturated carbocycles. The number of nitrogens with one attached hydrogen (secondary N) is 4. The molecule has 7 heterocycles. The summed E-state index contributed by atoms with van der Waals surface area (Å²) in [5, 5.41) is 5.15. The van der Waals surface area contributed by atoms with Crippen LogP contribution in [0, 0.1) is 5.92 Å². The number of rotatable bonds is 6. The zero-order chi connectivity index (χ0) is 40.2. The minimum Gasteiger partial charge on any atom is -0.349 e. The van der Waals surface area contributed by atoms with Crippen LogP contribution in [0.15, 0.2) is 54.1 Å². The van der Waals surface area contributed by atoms with Crippen molar-refractivity contribution in [1.29, 1.82) is 0 Å². The number of aromatic amines is 1. The molecule has 22 nitrogen and oxygen atoms in total. The van der Waals surface area contributed by atoms with Gasteiger partial charge in [0.2, 0.25) is 11.9 Å². The van der Waals surface area contributed by atoms with Crippen molar-refractivity contribution in [3.05, 3.63) is 65.2 Å². The summed E-state index contributed by atoms with van der Waals surface area (Å²) in [6.07, 6.45) is -7.09. The van der Waals surface area contributed by atoms with Gasteiger partial charge < -0.3 is 14.8 Å². The number of imidazole rings is 2. The van der Waals surface area contributed by atoms with Gasteiger partial charge in [-0.15, -0.1) is 0 Å². The molecule has 57 heavy (non-hydrogen) atoms. The topological polar surface area (TPSA) is 275 Å². The van der Waals surface area contributed by atoms with Crippen LogP contribution in [0.3, 0.4) is 0 Å². The molecule has 0 aliphatic carbocycles. The van der Waals surface area contributed by atoms with Crippen molar-refractivity contribution in [3.8, 4) is 0 Å². The molecule has 1 aromatic carbocycles. The highest BCUT2D eigenvalue weighted by Crippen LogP contribution is 2.57. The van der Waals surface area contributed by atoms with E-state index in [9.17, 15) is 27.4 Å². The Morgan fingerprint density at radius 1 is 1.00 bits per heavy atom. The first-order valence-electron chi connectivity index (χ1n) is 17.3. The Kier molecular flexibility index (Phi) is 10.4. The van der Waals surface area contributed by atoms with Crippen molar-refractivity contribution in [2.45, 2.75) is 63.3 Å². The third-order valence-corrected chi connectivity index (χ3v) is 11.8. The Morgan fingerprint density at radius 2 is 1.74 bits per heavy atom. The summed E-state index contributed by atoms with van der Waals surface area (Å²) in [5.74, 6) is -1.51. The highest BCUT2D eigenvalue weighted by Gasteiger charge is 2.51. The number of ether oxygens (including phenoxy) is 2. The standard InChI is InChI=1S/C31H33FN11O11PS2/c1-14(2)26(44)40-31-39-25-21(28(46)41-31)36-13-43(25)29-17-8-16(51-29)10-50-55(47,56)53-22-18(9-37-57(48,49)54-17)52-30(19(22)32)42-12-35-20-23(33-11-34-24(20)42)38-27(45)15-6-4-3-5-7-15/h3-7,11-14,16-19,22,29-30,37H,8-10H2,1-2H3,(H,47,56)(H,33,34,38,45)(H2,39,40,41,44,46)/t16-,17+,18+,19+,22+,29+,30+,55+/m0/s1. The van der Waals surface area contributed by atoms with Crippen LogP contribution in [-0.4, -0.2) is 103 Å². The molecule has 4 N–H and O–H groups in total. The second-order valence-corrected chi connectivity index (χ2v) is 17.7. The molecule has 2 amide bonds. The van der Waals surface area contributed by atoms with Crippen LogP contribution in [0.4, 0.5) is 16.2 Å². The second-order valence-electron chi connectivity index (χ2n) is 13.4. The number of benzene rings is 1. The maximum absolute atomic E-state index is 16.4. The predicted molar refractivity (Wildman–Crippen MR) is 198 cm³/mol. The molecule has 0 radical (unpaired) electrons. The second kappa shape index (κ2) is 15.2. The number of carbonyl (C=O) groups is 2. The van der Waals surface area contributed by atoms with Crippen LogP contribution in [0.1, 0.15) is 43.1 Å². The predicted octanol–water partition coefficient (Wildman–Crippen LogP) is 2.00. The monoisotopic (exact) mass is 849 g/mol. The number of nitrogens with zero attached hydrogens (tertiary/aromatic N) is 7. The first kappa shape index (κ1) is 39.1. The van der Waals surface area contributed by atoms with Gasteiger partial charge in [-0.3, -0.25) is 42.9 Å². The van der Waals surface area contributed by atoms with Crippen molar-refractivity contribution in [1.82, 2.24) is 43.8 Å². The molecule has 2 bridgehead atoms. The first-order valence-corrected chi connectivity index (χ1v) is 21.4. The Labute approximate surface area is 326 Å². The van der Waals surface area contributed by atoms with Crippen molar-refractivity contribution >= 4 is 75.3 Å². The quantitative estimate of drug-likeness (QED) is 0.121. The third-order valence-electron chi connectivity index (χ3n) is 9.18. The number of H-pyrrole nitrogens is 1. The van der Waals surface area contributed by atoms with Gasteiger partial charge in [-0.1, -0.05) is 44.3 Å². The van der Waals surface area contributed by atoms with E-state index in [4.69, 9.17) is 22.7 Å². The number of thiol groups is 1. The van der Waals surface area contributed by atoms with Crippen LogP contribution in [0.5, 0.6) is 0 Å². The van der Waals surface area contributed by atoms with E-state index < -0.39 is 96.6 Å². The smallest absolute Gasteiger partial charge is 0.349 e. The van der Waals surface area contributed by atoms with E-state index in [2.05, 4.69) is 57.5 Å². The molecule has 5 aromatic rings. The number of fused-ring (bicyclic) bond motifs is 5. The molecule has 26 heteroatoms. The van der Waals surface area contributed by atoms with E-state index >= 15 is 4.39 Å². The first-order chi connectivity index (χ1) is 27.2. The van der Waals surface area contributed by atoms with Crippen LogP contribution in [0.25, 0.3) is 22.3 Å². The average molecular weight is 850 g/mol. The molecule has 3 fully saturated rings. The Hall–Kier alpha value is -4.72. The maximum atomic E-state index is 16.4. The number of carbonyl (C=O) groups excluding carboxylic acids is 2. The number of hydrogen-bond acceptors (Lipinski definition) is 16. The minimum absolute atomic E-state index is 0.0257. The van der Waals surface area contributed by atoms with E-state index in [1.54, 1.807) is 44.2 Å². The van der Waals surface area contributed by atoms with Crippen molar-refractivity contribution in [3.63, 3.8) is 0 Å². The molecule has 4 aromatic heterocycles. The Bertz CT molecular complexity index is 2580. The van der Waals surface area contributed by atoms with Crippen molar-refractivity contribution in [2.24, 2.45) is 5.92 Å². The lowest BCUT2D eigenvalue weighted by Crippen LogP contribution is -2.41. The Balaban J connectivity index is 1.05. The largest absolute Gasteiger partial charge is 0.386 e. The van der Waals surface area contributed by atoms with E-state index in [-0.39, 0.29) is 40.5 Å². The van der Waals surface area contributed by atoms with Crippen LogP contribution >= 0.6 is 19.0 Å². The van der Waals surface area contributed by atoms with Crippen LogP contribution < -0.4 is 20.9 Å². The number of alkyl halides is 1. The lowest BCUT2D eigenvalue weighted by molar-refractivity contribution is -0.118. The minimum atomic E-state index is -4.68. The Morgan fingerprint density at radius 3 is 2.49 bits per heavy atom. The molecular weight excluding hydrogens is 817 g/mol. The molecule has 302 valence electrons. The lowest BCUT2D eigenvalue weighted by atomic mass is 10.1. The van der Waals surface area contributed by atoms with Gasteiger partial charge in [0, 0.05) is 24.4 Å². The zero-order valence-corrected chi connectivity index (χ0v) is 32.3. The fourth-order valence-electron chi connectivity index (χ4n) is 6.44. The van der Waals surface area contributed by atoms with E-state index in [0.29, 0.717) is 5.56 Å². The molecule has 0 unspecified atom stereocenters. The van der Waals surface area contributed by atoms with Gasteiger partial charge in [0.25, 0.3) is 11.5 Å². The van der Waals surface area contributed by atoms with Gasteiger partial charge in [0.1, 0.15) is 24.6 Å². The summed E-state index contributed by atoms with van der Waals surface area (Å²) in [7, 11) is -4.68. The summed E-state index contributed by atoms with van der Waals surface area (Å²) in [5.41, 5.74) is -0.432. The van der Waals surface area contributed by atoms with Gasteiger partial charge in [-0.25, -0.2) is 33.1 Å². The van der Waals surface area contributed by atoms with E-state index in [1.165, 1.54) is 21.8 Å². The molecule has 3 aliphatic rings. The molecule has 8 rings (SSSR count). The van der Waals surface area contributed by atoms with Gasteiger partial charge in [0.15, 0.2) is 46.8 Å². The lowest BCUT2D eigenvalue weighted by Gasteiger charge is -2.25. The molecule has 3 saturated heterocycles. The van der Waals surface area contributed by atoms with Gasteiger partial charge >= 0.3 is 17.1 Å². The number of amides is 2. The van der Waals surface area contributed by atoms with Crippen molar-refractivity contribution in [2.75, 3.05) is 23.8 Å². The summed E-state index contributed by atoms with van der Waals surface area (Å²) in [6.45, 7) is -2.27. The summed E-state index contributed by atoms with van der Waals surface area (Å²) in [6, 6.07) is 8.33. The molecule has 8 atom stereocenters.